The third kappa shape index (κ3) is 7.16. The van der Waals surface area contributed by atoms with Gasteiger partial charge in [-0.25, -0.2) is 13.2 Å². The van der Waals surface area contributed by atoms with Crippen LogP contribution in [0.25, 0.3) is 0 Å². The van der Waals surface area contributed by atoms with Gasteiger partial charge >= 0.3 is 5.97 Å². The number of ether oxygens (including phenoxy) is 1. The molecule has 0 aliphatic heterocycles. The number of hydrogen-bond acceptors (Lipinski definition) is 7. The third-order valence-corrected chi connectivity index (χ3v) is 5.32. The lowest BCUT2D eigenvalue weighted by atomic mass is 10.0. The predicted molar refractivity (Wildman–Crippen MR) is 111 cm³/mol. The van der Waals surface area contributed by atoms with Gasteiger partial charge < -0.3 is 20.3 Å². The van der Waals surface area contributed by atoms with Gasteiger partial charge in [0.25, 0.3) is 0 Å². The number of aromatic hydroxyl groups is 1. The first kappa shape index (κ1) is 22.9. The Bertz CT molecular complexity index is 940. The number of phenols is 1. The molecule has 0 bridgehead atoms. The average molecular weight is 422 g/mol. The number of hydrogen-bond donors (Lipinski definition) is 3. The minimum atomic E-state index is -3.30. The molecule has 3 N–H and O–H groups in total. The van der Waals surface area contributed by atoms with E-state index in [0.29, 0.717) is 17.5 Å². The summed E-state index contributed by atoms with van der Waals surface area (Å²) < 4.78 is 27.7. The lowest BCUT2D eigenvalue weighted by Crippen LogP contribution is -2.32. The number of benzene rings is 2. The minimum Gasteiger partial charge on any atom is -0.508 e. The Balaban J connectivity index is 1.93. The Morgan fingerprint density at radius 2 is 1.83 bits per heavy atom. The van der Waals surface area contributed by atoms with Crippen LogP contribution < -0.4 is 5.32 Å². The van der Waals surface area contributed by atoms with Gasteiger partial charge in [0.15, 0.2) is 9.84 Å². The average Bonchev–Trinajstić information content (AvgIpc) is 2.66. The van der Waals surface area contributed by atoms with E-state index >= 15 is 0 Å². The van der Waals surface area contributed by atoms with Gasteiger partial charge in [-0.05, 0) is 48.7 Å². The van der Waals surface area contributed by atoms with Gasteiger partial charge in [-0.15, -0.1) is 0 Å². The van der Waals surface area contributed by atoms with Crippen LogP contribution in [0.4, 0.5) is 0 Å². The maximum Gasteiger partial charge on any atom is 0.337 e. The second-order valence-corrected chi connectivity index (χ2v) is 9.32. The number of methoxy groups -OCH3 is 1. The van der Waals surface area contributed by atoms with Crippen LogP contribution in [-0.4, -0.2) is 50.6 Å². The molecule has 0 spiro atoms. The normalized spacial score (nSPS) is 13.7. The fourth-order valence-electron chi connectivity index (χ4n) is 2.96. The van der Waals surface area contributed by atoms with Crippen LogP contribution in [-0.2, 0) is 26.7 Å². The number of esters is 1. The van der Waals surface area contributed by atoms with Crippen LogP contribution in [0.3, 0.4) is 0 Å². The van der Waals surface area contributed by atoms with Crippen LogP contribution in [0.5, 0.6) is 5.75 Å². The highest BCUT2D eigenvalue weighted by atomic mass is 32.2. The van der Waals surface area contributed by atoms with E-state index in [-0.39, 0.29) is 35.6 Å². The van der Waals surface area contributed by atoms with Crippen molar-refractivity contribution < 1.29 is 28.2 Å². The van der Waals surface area contributed by atoms with Crippen molar-refractivity contribution >= 4 is 15.8 Å². The largest absolute Gasteiger partial charge is 0.508 e. The van der Waals surface area contributed by atoms with Crippen LogP contribution in [0.15, 0.2) is 42.5 Å². The van der Waals surface area contributed by atoms with Gasteiger partial charge in [0.2, 0.25) is 0 Å². The molecular formula is C21H27NO6S. The monoisotopic (exact) mass is 421 g/mol. The number of sulfone groups is 1. The summed E-state index contributed by atoms with van der Waals surface area (Å²) in [4.78, 5) is 11.5. The van der Waals surface area contributed by atoms with Crippen molar-refractivity contribution in [2.24, 2.45) is 0 Å². The van der Waals surface area contributed by atoms with E-state index in [0.717, 1.165) is 11.8 Å². The quantitative estimate of drug-likeness (QED) is 0.531. The third-order valence-electron chi connectivity index (χ3n) is 4.48. The Hall–Kier alpha value is -2.42. The maximum atomic E-state index is 11.5. The van der Waals surface area contributed by atoms with Crippen LogP contribution in [0, 0.1) is 0 Å². The number of carbonyl (C=O) groups is 1. The van der Waals surface area contributed by atoms with Gasteiger partial charge in [0, 0.05) is 24.4 Å². The highest BCUT2D eigenvalue weighted by Crippen LogP contribution is 2.24. The molecule has 2 unspecified atom stereocenters. The Morgan fingerprint density at radius 3 is 2.41 bits per heavy atom. The van der Waals surface area contributed by atoms with Crippen LogP contribution in [0.2, 0.25) is 0 Å². The summed E-state index contributed by atoms with van der Waals surface area (Å²) in [6.07, 6.45) is 0.942. The predicted octanol–water partition coefficient (Wildman–Crippen LogP) is 1.98. The standard InChI is InChI=1S/C21H27NO6S/c1-14(10-15-4-6-16(7-5-15)21(25)28-2)22-12-20(24)17-8-9-19(23)18(11-17)13-29(3,26)27/h4-9,11,14,20,22-24H,10,12-13H2,1-3H3. The molecule has 0 aromatic heterocycles. The van der Waals surface area contributed by atoms with E-state index in [4.69, 9.17) is 0 Å². The maximum absolute atomic E-state index is 11.5. The molecule has 0 radical (unpaired) electrons. The molecule has 29 heavy (non-hydrogen) atoms. The van der Waals surface area contributed by atoms with E-state index in [2.05, 4.69) is 10.1 Å². The lowest BCUT2D eigenvalue weighted by Gasteiger charge is -2.18. The molecule has 2 rings (SSSR count). The minimum absolute atomic E-state index is 0.0567. The molecule has 2 aromatic carbocycles. The van der Waals surface area contributed by atoms with Crippen molar-refractivity contribution in [1.29, 1.82) is 0 Å². The first-order valence-corrected chi connectivity index (χ1v) is 11.2. The van der Waals surface area contributed by atoms with Crippen molar-refractivity contribution in [2.45, 2.75) is 31.2 Å². The number of phenolic OH excluding ortho intramolecular Hbond substituents is 1. The summed E-state index contributed by atoms with van der Waals surface area (Å²) in [7, 11) is -1.96. The highest BCUT2D eigenvalue weighted by Gasteiger charge is 2.15. The number of carbonyl (C=O) groups excluding carboxylic acids is 1. The summed E-state index contributed by atoms with van der Waals surface area (Å²) in [5.41, 5.74) is 2.32. The summed E-state index contributed by atoms with van der Waals surface area (Å²) in [5.74, 6) is -0.775. The fourth-order valence-corrected chi connectivity index (χ4v) is 3.76. The highest BCUT2D eigenvalue weighted by molar-refractivity contribution is 7.89. The Morgan fingerprint density at radius 1 is 1.17 bits per heavy atom. The van der Waals surface area contributed by atoms with Crippen molar-refractivity contribution in [3.8, 4) is 5.75 Å². The van der Waals surface area contributed by atoms with Crippen LogP contribution >= 0.6 is 0 Å². The molecule has 2 aromatic rings. The first-order chi connectivity index (χ1) is 13.6. The van der Waals surface area contributed by atoms with Crippen LogP contribution in [0.1, 0.15) is 40.1 Å². The number of nitrogens with one attached hydrogen (secondary N) is 1. The Labute approximate surface area is 171 Å². The van der Waals surface area contributed by atoms with E-state index in [9.17, 15) is 23.4 Å². The van der Waals surface area contributed by atoms with Crippen molar-refractivity contribution in [3.05, 3.63) is 64.7 Å². The van der Waals surface area contributed by atoms with Crippen molar-refractivity contribution in [1.82, 2.24) is 5.32 Å². The molecule has 0 fully saturated rings. The molecule has 8 heteroatoms. The molecule has 2 atom stereocenters. The lowest BCUT2D eigenvalue weighted by molar-refractivity contribution is 0.0600. The molecule has 0 heterocycles. The van der Waals surface area contributed by atoms with Gasteiger partial charge in [0.05, 0.1) is 24.5 Å². The SMILES string of the molecule is COC(=O)c1ccc(CC(C)NCC(O)c2ccc(O)c(CS(C)(=O)=O)c2)cc1. The zero-order valence-electron chi connectivity index (χ0n) is 16.8. The summed E-state index contributed by atoms with van der Waals surface area (Å²) >= 11 is 0. The molecule has 0 aliphatic carbocycles. The number of aliphatic hydroxyl groups excluding tert-OH is 1. The smallest absolute Gasteiger partial charge is 0.337 e. The number of aliphatic hydroxyl groups is 1. The van der Waals surface area contributed by atoms with Gasteiger partial charge in [-0.3, -0.25) is 0 Å². The molecule has 0 amide bonds. The van der Waals surface area contributed by atoms with Crippen molar-refractivity contribution in [2.75, 3.05) is 19.9 Å². The zero-order chi connectivity index (χ0) is 21.6. The second-order valence-electron chi connectivity index (χ2n) is 7.18. The molecule has 7 nitrogen and oxygen atoms in total. The molecule has 0 saturated heterocycles. The van der Waals surface area contributed by atoms with Gasteiger partial charge in [-0.2, -0.15) is 0 Å². The van der Waals surface area contributed by atoms with E-state index < -0.39 is 15.9 Å². The van der Waals surface area contributed by atoms with E-state index in [1.54, 1.807) is 18.2 Å². The summed E-state index contributed by atoms with van der Waals surface area (Å²) in [6.45, 7) is 2.25. The number of rotatable bonds is 9. The summed E-state index contributed by atoms with van der Waals surface area (Å²) in [5, 5.41) is 23.5. The van der Waals surface area contributed by atoms with Gasteiger partial charge in [-0.1, -0.05) is 18.2 Å². The van der Waals surface area contributed by atoms with Gasteiger partial charge in [0.1, 0.15) is 5.75 Å². The molecular weight excluding hydrogens is 394 g/mol. The fraction of sp³-hybridized carbons (Fsp3) is 0.381. The zero-order valence-corrected chi connectivity index (χ0v) is 17.6. The topological polar surface area (TPSA) is 113 Å². The Kier molecular flexibility index (Phi) is 7.78. The van der Waals surface area contributed by atoms with Crippen molar-refractivity contribution in [3.63, 3.8) is 0 Å². The summed E-state index contributed by atoms with van der Waals surface area (Å²) in [6, 6.07) is 11.7. The molecule has 0 saturated carbocycles. The van der Waals surface area contributed by atoms with E-state index in [1.807, 2.05) is 19.1 Å². The second kappa shape index (κ2) is 9.87. The first-order valence-electron chi connectivity index (χ1n) is 9.17. The van der Waals surface area contributed by atoms with E-state index in [1.165, 1.54) is 19.2 Å². The molecule has 0 aliphatic rings. The molecule has 158 valence electrons.